The number of fused-ring (bicyclic) bond motifs is 6. The fourth-order valence-electron chi connectivity index (χ4n) is 5.69. The van der Waals surface area contributed by atoms with E-state index in [2.05, 4.69) is 0 Å². The molecule has 0 spiro atoms. The van der Waals surface area contributed by atoms with Crippen molar-refractivity contribution in [3.8, 4) is 33.4 Å². The molecule has 0 aliphatic rings. The molecule has 0 amide bonds. The first-order valence-electron chi connectivity index (χ1n) is 22.3. The van der Waals surface area contributed by atoms with Gasteiger partial charge in [-0.1, -0.05) is 133 Å². The molecular formula is C42H26O. The highest BCUT2D eigenvalue weighted by molar-refractivity contribution is 6.24. The van der Waals surface area contributed by atoms with E-state index in [1.54, 1.807) is 48.5 Å². The molecule has 1 heterocycles. The van der Waals surface area contributed by atoms with Crippen molar-refractivity contribution in [2.24, 2.45) is 0 Å². The lowest BCUT2D eigenvalue weighted by Crippen LogP contribution is -1.91. The Morgan fingerprint density at radius 3 is 1.65 bits per heavy atom. The Morgan fingerprint density at radius 2 is 0.953 bits per heavy atom. The lowest BCUT2D eigenvalue weighted by molar-refractivity contribution is 0.669. The minimum absolute atomic E-state index is 0.0372. The molecule has 200 valence electrons. The summed E-state index contributed by atoms with van der Waals surface area (Å²) in [5.74, 6) is 0. The predicted octanol–water partition coefficient (Wildman–Crippen LogP) is 12.0. The van der Waals surface area contributed by atoms with Crippen LogP contribution in [0.25, 0.3) is 87.6 Å². The average molecular weight is 565 g/mol. The van der Waals surface area contributed by atoms with Gasteiger partial charge in [0.05, 0.1) is 24.7 Å². The van der Waals surface area contributed by atoms with Crippen LogP contribution in [0.3, 0.4) is 0 Å². The van der Waals surface area contributed by atoms with Gasteiger partial charge in [-0.3, -0.25) is 0 Å². The van der Waals surface area contributed by atoms with E-state index in [9.17, 15) is 6.85 Å². The summed E-state index contributed by atoms with van der Waals surface area (Å²) in [6.45, 7) is 0. The average Bonchev–Trinajstić information content (AvgIpc) is 3.67. The highest BCUT2D eigenvalue weighted by Gasteiger charge is 2.19. The van der Waals surface area contributed by atoms with Gasteiger partial charge in [-0.05, 0) is 89.9 Å². The number of hydrogen-bond acceptors (Lipinski definition) is 1. The molecule has 43 heavy (non-hydrogen) atoms. The van der Waals surface area contributed by atoms with Gasteiger partial charge in [-0.2, -0.15) is 0 Å². The highest BCUT2D eigenvalue weighted by atomic mass is 16.3. The van der Waals surface area contributed by atoms with E-state index in [1.165, 1.54) is 0 Å². The van der Waals surface area contributed by atoms with Crippen LogP contribution in [0.15, 0.2) is 162 Å². The first kappa shape index (κ1) is 12.3. The minimum Gasteiger partial charge on any atom is -0.456 e. The van der Waals surface area contributed by atoms with E-state index < -0.39 is 120 Å². The van der Waals surface area contributed by atoms with E-state index in [1.807, 2.05) is 0 Å². The smallest absolute Gasteiger partial charge is 0.135 e. The zero-order valence-electron chi connectivity index (χ0n) is 40.0. The van der Waals surface area contributed by atoms with Crippen LogP contribution in [-0.2, 0) is 0 Å². The van der Waals surface area contributed by atoms with Crippen molar-refractivity contribution < 1.29 is 29.1 Å². The summed E-state index contributed by atoms with van der Waals surface area (Å²) < 4.78 is 164. The first-order chi connectivity index (χ1) is 28.8. The van der Waals surface area contributed by atoms with E-state index in [0.717, 1.165) is 0 Å². The van der Waals surface area contributed by atoms with Gasteiger partial charge < -0.3 is 4.42 Å². The molecule has 0 radical (unpaired) electrons. The van der Waals surface area contributed by atoms with E-state index in [0.29, 0.717) is 21.5 Å². The molecule has 0 aliphatic carbocycles. The molecular weight excluding hydrogens is 520 g/mol. The minimum atomic E-state index is -0.725. The monoisotopic (exact) mass is 564 g/mol. The molecule has 0 fully saturated rings. The molecule has 0 saturated carbocycles. The molecule has 0 atom stereocenters. The number of rotatable bonds is 3. The van der Waals surface area contributed by atoms with Gasteiger partial charge in [0.1, 0.15) is 11.2 Å². The summed E-state index contributed by atoms with van der Waals surface area (Å²) in [5, 5.41) is 0.637. The van der Waals surface area contributed by atoms with Crippen molar-refractivity contribution >= 4 is 54.3 Å². The topological polar surface area (TPSA) is 13.1 Å². The molecule has 9 aromatic rings. The molecule has 1 aromatic heterocycles. The summed E-state index contributed by atoms with van der Waals surface area (Å²) in [6.07, 6.45) is 0. The Balaban J connectivity index is 1.47. The van der Waals surface area contributed by atoms with Crippen LogP contribution in [-0.4, -0.2) is 0 Å². The molecule has 1 heteroatoms. The lowest BCUT2D eigenvalue weighted by Gasteiger charge is -2.18. The fourth-order valence-corrected chi connectivity index (χ4v) is 5.69. The normalized spacial score (nSPS) is 17.6. The first-order valence-corrected chi connectivity index (χ1v) is 13.3. The number of furan rings is 1. The maximum Gasteiger partial charge on any atom is 0.135 e. The van der Waals surface area contributed by atoms with Crippen LogP contribution >= 0.6 is 0 Å². The van der Waals surface area contributed by atoms with Gasteiger partial charge >= 0.3 is 0 Å². The van der Waals surface area contributed by atoms with Gasteiger partial charge in [0.15, 0.2) is 0 Å². The van der Waals surface area contributed by atoms with Crippen LogP contribution in [0.5, 0.6) is 0 Å². The summed E-state index contributed by atoms with van der Waals surface area (Å²) in [7, 11) is 0. The van der Waals surface area contributed by atoms with Crippen molar-refractivity contribution in [3.63, 3.8) is 0 Å². The molecule has 9 rings (SSSR count). The molecule has 1 nitrogen and oxygen atoms in total. The maximum absolute atomic E-state index is 9.77. The number of benzene rings is 8. The largest absolute Gasteiger partial charge is 0.456 e. The van der Waals surface area contributed by atoms with Gasteiger partial charge in [-0.25, -0.2) is 0 Å². The van der Waals surface area contributed by atoms with E-state index in [-0.39, 0.29) is 55.0 Å². The molecule has 8 aromatic carbocycles. The standard InChI is InChI=1S/C42H26O/c1-2-11-27(12-3-1)29-21-23-39-37(25-29)38-26-30(22-24-40(38)43-39)41-33-16-6-8-18-35(33)42(36-19-9-7-17-34(36)41)32-20-10-14-28-13-4-5-15-31(28)32/h1-26H/i1D,2D,3D,4D,5D,10D,11D,12D,13D,14D,15D,20D,21D,22D,23D,24D,25D,26D. The SMILES string of the molecule is [2H]c1c([2H])c([2H])c(-c2c([2H])c([2H])c3oc4c([2H])c([2H])c(-c5c6ccccc6c(-c6c([2H])c([2H])c([2H])c7c([2H])c([2H])c([2H])c([2H])c67)c6ccccc56)c([2H])c4c3c2[2H])c([2H])c1[2H]. The van der Waals surface area contributed by atoms with Gasteiger partial charge in [0.2, 0.25) is 0 Å². The second kappa shape index (κ2) is 9.44. The molecule has 0 unspecified atom stereocenters. The summed E-state index contributed by atoms with van der Waals surface area (Å²) in [4.78, 5) is 0. The Hall–Kier alpha value is -5.66. The van der Waals surface area contributed by atoms with E-state index in [4.69, 9.17) is 22.2 Å². The molecule has 0 bridgehead atoms. The summed E-state index contributed by atoms with van der Waals surface area (Å²) >= 11 is 0. The predicted molar refractivity (Wildman–Crippen MR) is 183 cm³/mol. The summed E-state index contributed by atoms with van der Waals surface area (Å²) in [5.41, 5.74) is -1.35. The van der Waals surface area contributed by atoms with Crippen LogP contribution in [0, 0.1) is 0 Å². The van der Waals surface area contributed by atoms with Gasteiger partial charge in [0, 0.05) is 10.8 Å². The Labute approximate surface area is 274 Å². The lowest BCUT2D eigenvalue weighted by atomic mass is 9.84. The second-order valence-electron chi connectivity index (χ2n) is 9.85. The zero-order chi connectivity index (χ0) is 44.0. The van der Waals surface area contributed by atoms with Crippen molar-refractivity contribution in [2.75, 3.05) is 0 Å². The van der Waals surface area contributed by atoms with Crippen LogP contribution in [0.1, 0.15) is 24.7 Å². The fraction of sp³-hybridized carbons (Fsp3) is 0. The van der Waals surface area contributed by atoms with Crippen molar-refractivity contribution in [3.05, 3.63) is 157 Å². The Bertz CT molecular complexity index is 3420. The highest BCUT2D eigenvalue weighted by Crippen LogP contribution is 2.46. The van der Waals surface area contributed by atoms with E-state index >= 15 is 0 Å². The zero-order valence-corrected chi connectivity index (χ0v) is 22.0. The Kier molecular flexibility index (Phi) is 2.70. The van der Waals surface area contributed by atoms with Crippen molar-refractivity contribution in [2.45, 2.75) is 0 Å². The van der Waals surface area contributed by atoms with Gasteiger partial charge in [-0.15, -0.1) is 0 Å². The molecule has 0 N–H and O–H groups in total. The Morgan fingerprint density at radius 1 is 0.395 bits per heavy atom. The molecule has 0 aliphatic heterocycles. The quantitative estimate of drug-likeness (QED) is 0.195. The third-order valence-electron chi connectivity index (χ3n) is 7.50. The third kappa shape index (κ3) is 3.72. The van der Waals surface area contributed by atoms with Crippen LogP contribution in [0.4, 0.5) is 0 Å². The number of hydrogen-bond donors (Lipinski definition) is 0. The maximum atomic E-state index is 9.77. The molecule has 0 saturated heterocycles. The third-order valence-corrected chi connectivity index (χ3v) is 7.50. The van der Waals surface area contributed by atoms with Crippen molar-refractivity contribution in [1.29, 1.82) is 0 Å². The summed E-state index contributed by atoms with van der Waals surface area (Å²) in [6, 6.07) is 2.61. The van der Waals surface area contributed by atoms with Crippen LogP contribution in [0.2, 0.25) is 0 Å². The van der Waals surface area contributed by atoms with Crippen molar-refractivity contribution in [1.82, 2.24) is 0 Å². The van der Waals surface area contributed by atoms with Crippen LogP contribution < -0.4 is 0 Å². The van der Waals surface area contributed by atoms with Gasteiger partial charge in [0.25, 0.3) is 0 Å². The second-order valence-corrected chi connectivity index (χ2v) is 9.85.